The topological polar surface area (TPSA) is 59.5 Å². The Bertz CT molecular complexity index is 842. The highest BCUT2D eigenvalue weighted by Crippen LogP contribution is 2.34. The van der Waals surface area contributed by atoms with Gasteiger partial charge in [0.2, 0.25) is 5.95 Å². The summed E-state index contributed by atoms with van der Waals surface area (Å²) in [7, 11) is 0. The third-order valence-electron chi connectivity index (χ3n) is 4.79. The molecule has 1 aromatic carbocycles. The van der Waals surface area contributed by atoms with Gasteiger partial charge in [0.1, 0.15) is 0 Å². The molecule has 1 aromatic heterocycles. The lowest BCUT2D eigenvalue weighted by atomic mass is 10.1. The van der Waals surface area contributed by atoms with Crippen LogP contribution < -0.4 is 15.0 Å². The molecule has 0 spiro atoms. The van der Waals surface area contributed by atoms with Gasteiger partial charge in [-0.05, 0) is 43.9 Å². The van der Waals surface area contributed by atoms with Gasteiger partial charge in [-0.1, -0.05) is 0 Å². The highest BCUT2D eigenvalue weighted by Gasteiger charge is 2.32. The van der Waals surface area contributed by atoms with Crippen molar-refractivity contribution in [1.82, 2.24) is 9.97 Å². The number of hydrogen-bond acceptors (Lipinski definition) is 7. The summed E-state index contributed by atoms with van der Waals surface area (Å²) < 4.78 is 51.2. The first kappa shape index (κ1) is 23.5. The van der Waals surface area contributed by atoms with Gasteiger partial charge in [-0.15, -0.1) is 0 Å². The van der Waals surface area contributed by atoms with Crippen molar-refractivity contribution in [3.63, 3.8) is 0 Å². The Morgan fingerprint density at radius 2 is 1.87 bits per heavy atom. The standard InChI is InChI=1S/C21H27F3N4O2S/c1-14-12-28(13-15(2)30-14)19-5-4-17(21(22,23)24)8-16(19)9-25-20-26-10-18(11-27-20)29-6-7-31-3/h4-5,8,10-11,14-15H,6-7,9,12-13H2,1-3H3,(H,25,26,27)/t14-,15+. The van der Waals surface area contributed by atoms with Crippen molar-refractivity contribution in [2.75, 3.05) is 41.9 Å². The molecular weight excluding hydrogens is 429 g/mol. The van der Waals surface area contributed by atoms with Crippen LogP contribution in [0.3, 0.4) is 0 Å². The summed E-state index contributed by atoms with van der Waals surface area (Å²) >= 11 is 1.68. The number of nitrogens with zero attached hydrogens (tertiary/aromatic N) is 3. The van der Waals surface area contributed by atoms with Crippen molar-refractivity contribution in [2.45, 2.75) is 38.8 Å². The Hall–Kier alpha value is -2.20. The fourth-order valence-electron chi connectivity index (χ4n) is 3.49. The van der Waals surface area contributed by atoms with Crippen molar-refractivity contribution >= 4 is 23.4 Å². The van der Waals surface area contributed by atoms with Gasteiger partial charge in [-0.2, -0.15) is 24.9 Å². The summed E-state index contributed by atoms with van der Waals surface area (Å²) in [6.07, 6.45) is 0.670. The quantitative estimate of drug-likeness (QED) is 0.589. The Kier molecular flexibility index (Phi) is 7.88. The molecule has 1 aliphatic heterocycles. The number of hydrogen-bond donors (Lipinski definition) is 1. The van der Waals surface area contributed by atoms with Gasteiger partial charge >= 0.3 is 6.18 Å². The molecule has 0 amide bonds. The number of morpholine rings is 1. The summed E-state index contributed by atoms with van der Waals surface area (Å²) in [5.74, 6) is 1.73. The first-order valence-corrected chi connectivity index (χ1v) is 11.4. The van der Waals surface area contributed by atoms with E-state index in [0.29, 0.717) is 37.0 Å². The van der Waals surface area contributed by atoms with Gasteiger partial charge in [0.25, 0.3) is 0 Å². The van der Waals surface area contributed by atoms with E-state index >= 15 is 0 Å². The zero-order valence-electron chi connectivity index (χ0n) is 17.8. The summed E-state index contributed by atoms with van der Waals surface area (Å²) in [6, 6.07) is 3.85. The number of aromatic nitrogens is 2. The monoisotopic (exact) mass is 456 g/mol. The molecule has 1 aliphatic rings. The van der Waals surface area contributed by atoms with E-state index in [4.69, 9.17) is 9.47 Å². The number of alkyl halides is 3. The average Bonchev–Trinajstić information content (AvgIpc) is 2.72. The molecule has 0 bridgehead atoms. The lowest BCUT2D eigenvalue weighted by Crippen LogP contribution is -2.46. The van der Waals surface area contributed by atoms with Crippen LogP contribution in [-0.4, -0.2) is 53.9 Å². The molecule has 10 heteroatoms. The lowest BCUT2D eigenvalue weighted by molar-refractivity contribution is -0.137. The fraction of sp³-hybridized carbons (Fsp3) is 0.524. The Balaban J connectivity index is 1.76. The first-order chi connectivity index (χ1) is 14.8. The minimum absolute atomic E-state index is 0.00571. The van der Waals surface area contributed by atoms with Crippen LogP contribution in [0.4, 0.5) is 24.8 Å². The number of halogens is 3. The SMILES string of the molecule is CSCCOc1cnc(NCc2cc(C(F)(F)F)ccc2N2C[C@@H](C)O[C@@H](C)C2)nc1. The molecule has 2 aromatic rings. The normalized spacial score (nSPS) is 19.4. The number of rotatable bonds is 8. The second-order valence-electron chi connectivity index (χ2n) is 7.44. The van der Waals surface area contributed by atoms with Crippen LogP contribution in [0.15, 0.2) is 30.6 Å². The predicted octanol–water partition coefficient (Wildman–Crippen LogP) is 4.46. The molecule has 170 valence electrons. The van der Waals surface area contributed by atoms with E-state index in [1.165, 1.54) is 12.1 Å². The van der Waals surface area contributed by atoms with Crippen LogP contribution in [0.1, 0.15) is 25.0 Å². The van der Waals surface area contributed by atoms with Crippen LogP contribution in [-0.2, 0) is 17.5 Å². The Labute approximate surface area is 184 Å². The molecule has 0 radical (unpaired) electrons. The fourth-order valence-corrected chi connectivity index (χ4v) is 3.74. The first-order valence-electron chi connectivity index (χ1n) is 10.0. The summed E-state index contributed by atoms with van der Waals surface area (Å²) in [5, 5.41) is 3.03. The van der Waals surface area contributed by atoms with Crippen molar-refractivity contribution < 1.29 is 22.6 Å². The molecule has 6 nitrogen and oxygen atoms in total. The number of nitrogens with one attached hydrogen (secondary N) is 1. The van der Waals surface area contributed by atoms with Crippen molar-refractivity contribution in [3.8, 4) is 5.75 Å². The highest BCUT2D eigenvalue weighted by atomic mass is 32.2. The third-order valence-corrected chi connectivity index (χ3v) is 5.36. The number of benzene rings is 1. The van der Waals surface area contributed by atoms with Gasteiger partial charge < -0.3 is 19.7 Å². The number of anilines is 2. The second kappa shape index (κ2) is 10.4. The van der Waals surface area contributed by atoms with Crippen LogP contribution in [0, 0.1) is 0 Å². The molecule has 1 N–H and O–H groups in total. The maximum absolute atomic E-state index is 13.3. The van der Waals surface area contributed by atoms with Crippen LogP contribution >= 0.6 is 11.8 Å². The van der Waals surface area contributed by atoms with E-state index in [9.17, 15) is 13.2 Å². The zero-order chi connectivity index (χ0) is 22.4. The second-order valence-corrected chi connectivity index (χ2v) is 8.43. The smallest absolute Gasteiger partial charge is 0.416 e. The van der Waals surface area contributed by atoms with E-state index in [2.05, 4.69) is 20.2 Å². The molecule has 2 atom stereocenters. The van der Waals surface area contributed by atoms with Gasteiger partial charge in [0, 0.05) is 31.1 Å². The average molecular weight is 457 g/mol. The summed E-state index contributed by atoms with van der Waals surface area (Å²) in [4.78, 5) is 10.5. The summed E-state index contributed by atoms with van der Waals surface area (Å²) in [5.41, 5.74) is 0.598. The maximum Gasteiger partial charge on any atom is 0.416 e. The van der Waals surface area contributed by atoms with E-state index < -0.39 is 11.7 Å². The van der Waals surface area contributed by atoms with E-state index in [1.54, 1.807) is 24.2 Å². The van der Waals surface area contributed by atoms with Gasteiger partial charge in [0.05, 0.1) is 36.8 Å². The van der Waals surface area contributed by atoms with Gasteiger partial charge in [0.15, 0.2) is 5.75 Å². The molecular formula is C21H27F3N4O2S. The molecule has 0 saturated carbocycles. The van der Waals surface area contributed by atoms with E-state index in [0.717, 1.165) is 17.5 Å². The van der Waals surface area contributed by atoms with Crippen LogP contribution in [0.2, 0.25) is 0 Å². The van der Waals surface area contributed by atoms with E-state index in [1.807, 2.05) is 20.1 Å². The molecule has 0 unspecified atom stereocenters. The Morgan fingerprint density at radius 1 is 1.19 bits per heavy atom. The molecule has 1 saturated heterocycles. The third kappa shape index (κ3) is 6.64. The van der Waals surface area contributed by atoms with E-state index in [-0.39, 0.29) is 18.8 Å². The van der Waals surface area contributed by atoms with Gasteiger partial charge in [-0.25, -0.2) is 9.97 Å². The Morgan fingerprint density at radius 3 is 2.48 bits per heavy atom. The largest absolute Gasteiger partial charge is 0.489 e. The molecule has 3 rings (SSSR count). The minimum Gasteiger partial charge on any atom is -0.489 e. The molecule has 1 fully saturated rings. The van der Waals surface area contributed by atoms with Crippen molar-refractivity contribution in [2.24, 2.45) is 0 Å². The minimum atomic E-state index is -4.41. The van der Waals surface area contributed by atoms with Gasteiger partial charge in [-0.3, -0.25) is 0 Å². The summed E-state index contributed by atoms with van der Waals surface area (Å²) in [6.45, 7) is 5.86. The highest BCUT2D eigenvalue weighted by molar-refractivity contribution is 7.98. The predicted molar refractivity (Wildman–Crippen MR) is 117 cm³/mol. The molecule has 31 heavy (non-hydrogen) atoms. The lowest BCUT2D eigenvalue weighted by Gasteiger charge is -2.38. The van der Waals surface area contributed by atoms with Crippen molar-refractivity contribution in [1.29, 1.82) is 0 Å². The maximum atomic E-state index is 13.3. The van der Waals surface area contributed by atoms with Crippen LogP contribution in [0.25, 0.3) is 0 Å². The van der Waals surface area contributed by atoms with Crippen LogP contribution in [0.5, 0.6) is 5.75 Å². The molecule has 2 heterocycles. The molecule has 0 aliphatic carbocycles. The number of ether oxygens (including phenoxy) is 2. The van der Waals surface area contributed by atoms with Crippen molar-refractivity contribution in [3.05, 3.63) is 41.7 Å². The number of thioether (sulfide) groups is 1. The zero-order valence-corrected chi connectivity index (χ0v) is 18.6.